The molecule has 0 fully saturated rings. The molecular weight excluding hydrogens is 350 g/mol. The molecule has 1 aromatic carbocycles. The maximum absolute atomic E-state index is 10.9. The van der Waals surface area contributed by atoms with E-state index in [1.54, 1.807) is 18.6 Å². The Morgan fingerprint density at radius 3 is 2.61 bits per heavy atom. The van der Waals surface area contributed by atoms with Gasteiger partial charge in [0.15, 0.2) is 0 Å². The molecule has 0 radical (unpaired) electrons. The molecule has 0 unspecified atom stereocenters. The van der Waals surface area contributed by atoms with Gasteiger partial charge in [0.1, 0.15) is 5.82 Å². The van der Waals surface area contributed by atoms with Gasteiger partial charge in [-0.2, -0.15) is 0 Å². The highest BCUT2D eigenvalue weighted by molar-refractivity contribution is 5.98. The lowest BCUT2D eigenvalue weighted by Gasteiger charge is -2.06. The van der Waals surface area contributed by atoms with Gasteiger partial charge in [0.25, 0.3) is 0 Å². The molecule has 0 amide bonds. The van der Waals surface area contributed by atoms with Crippen molar-refractivity contribution in [1.82, 2.24) is 24.1 Å². The molecule has 4 heterocycles. The number of rotatable bonds is 4. The number of hydrogen-bond donors (Lipinski definition) is 1. The van der Waals surface area contributed by atoms with Gasteiger partial charge >= 0.3 is 0 Å². The predicted octanol–water partition coefficient (Wildman–Crippen LogP) is 3.93. The van der Waals surface area contributed by atoms with Gasteiger partial charge in [0.05, 0.1) is 21.9 Å². The summed E-state index contributed by atoms with van der Waals surface area (Å²) >= 11 is 0. The van der Waals surface area contributed by atoms with Crippen molar-refractivity contribution in [3.05, 3.63) is 73.1 Å². The number of aromatic nitrogens is 5. The molecule has 6 nitrogen and oxygen atoms in total. The lowest BCUT2D eigenvalue weighted by Crippen LogP contribution is -2.04. The number of hydrogen-bond acceptors (Lipinski definition) is 4. The summed E-state index contributed by atoms with van der Waals surface area (Å²) in [6, 6.07) is 13.9. The van der Waals surface area contributed by atoms with Crippen molar-refractivity contribution in [2.24, 2.45) is 7.05 Å². The van der Waals surface area contributed by atoms with E-state index >= 15 is 0 Å². The fourth-order valence-electron chi connectivity index (χ4n) is 3.75. The average molecular weight is 369 g/mol. The number of nitrogens with zero attached hydrogens (tertiary/aromatic N) is 5. The number of para-hydroxylation sites is 2. The second-order valence-corrected chi connectivity index (χ2v) is 6.83. The highest BCUT2D eigenvalue weighted by atomic mass is 16.3. The first-order valence-corrected chi connectivity index (χ1v) is 9.20. The van der Waals surface area contributed by atoms with Crippen molar-refractivity contribution < 1.29 is 5.11 Å². The minimum absolute atomic E-state index is 0.230. The Hall–Kier alpha value is -3.67. The van der Waals surface area contributed by atoms with E-state index in [-0.39, 0.29) is 5.88 Å². The summed E-state index contributed by atoms with van der Waals surface area (Å²) in [5, 5.41) is 11.7. The standard InChI is InChI=1S/C22H19N5O/c1-26-19-5-3-2-4-17(19)25-20(26)9-13-27-14-18-21(22(27)28)16(8-12-24-18)15-6-10-23-11-7-15/h2-8,10-12,14,28H,9,13H2,1H3. The first-order valence-electron chi connectivity index (χ1n) is 9.20. The van der Waals surface area contributed by atoms with E-state index in [4.69, 9.17) is 4.98 Å². The first kappa shape index (κ1) is 16.5. The molecule has 138 valence electrons. The minimum atomic E-state index is 0.230. The van der Waals surface area contributed by atoms with Crippen molar-refractivity contribution in [3.8, 4) is 17.0 Å². The Morgan fingerprint density at radius 2 is 1.79 bits per heavy atom. The molecule has 0 aliphatic heterocycles. The topological polar surface area (TPSA) is 68.8 Å². The highest BCUT2D eigenvalue weighted by Gasteiger charge is 2.15. The van der Waals surface area contributed by atoms with Gasteiger partial charge < -0.3 is 14.2 Å². The Bertz CT molecular complexity index is 1290. The van der Waals surface area contributed by atoms with Crippen LogP contribution in [0.5, 0.6) is 5.88 Å². The SMILES string of the molecule is Cn1c(CCn2cc3nccc(-c4ccncc4)c3c2O)nc2ccccc21. The second kappa shape index (κ2) is 6.49. The summed E-state index contributed by atoms with van der Waals surface area (Å²) in [6.07, 6.45) is 7.89. The van der Waals surface area contributed by atoms with Gasteiger partial charge in [-0.1, -0.05) is 12.1 Å². The first-order chi connectivity index (χ1) is 13.7. The van der Waals surface area contributed by atoms with Crippen LogP contribution in [0.25, 0.3) is 33.1 Å². The number of fused-ring (bicyclic) bond motifs is 2. The van der Waals surface area contributed by atoms with Gasteiger partial charge in [0.2, 0.25) is 5.88 Å². The van der Waals surface area contributed by atoms with Gasteiger partial charge in [-0.15, -0.1) is 0 Å². The van der Waals surface area contributed by atoms with E-state index in [9.17, 15) is 5.11 Å². The van der Waals surface area contributed by atoms with Crippen LogP contribution in [0.15, 0.2) is 67.3 Å². The maximum Gasteiger partial charge on any atom is 0.201 e. The molecule has 1 N–H and O–H groups in total. The summed E-state index contributed by atoms with van der Waals surface area (Å²) in [5.74, 6) is 1.22. The zero-order valence-electron chi connectivity index (χ0n) is 15.4. The van der Waals surface area contributed by atoms with E-state index in [1.165, 1.54) is 0 Å². The average Bonchev–Trinajstić information content (AvgIpc) is 3.24. The number of pyridine rings is 2. The second-order valence-electron chi connectivity index (χ2n) is 6.83. The van der Waals surface area contributed by atoms with Crippen LogP contribution < -0.4 is 0 Å². The van der Waals surface area contributed by atoms with E-state index < -0.39 is 0 Å². The Kier molecular flexibility index (Phi) is 3.83. The molecule has 4 aromatic heterocycles. The Labute approximate surface area is 161 Å². The molecule has 0 bridgehead atoms. The highest BCUT2D eigenvalue weighted by Crippen LogP contribution is 2.35. The predicted molar refractivity (Wildman–Crippen MR) is 109 cm³/mol. The zero-order chi connectivity index (χ0) is 19.1. The van der Waals surface area contributed by atoms with Crippen LogP contribution in [0.2, 0.25) is 0 Å². The van der Waals surface area contributed by atoms with Gasteiger partial charge in [-0.3, -0.25) is 9.97 Å². The largest absolute Gasteiger partial charge is 0.494 e. The van der Waals surface area contributed by atoms with Crippen molar-refractivity contribution in [3.63, 3.8) is 0 Å². The maximum atomic E-state index is 10.9. The molecule has 28 heavy (non-hydrogen) atoms. The lowest BCUT2D eigenvalue weighted by atomic mass is 10.1. The van der Waals surface area contributed by atoms with E-state index in [1.807, 2.05) is 54.2 Å². The van der Waals surface area contributed by atoms with Crippen LogP contribution in [-0.4, -0.2) is 29.2 Å². The van der Waals surface area contributed by atoms with Crippen molar-refractivity contribution in [1.29, 1.82) is 0 Å². The monoisotopic (exact) mass is 369 g/mol. The molecule has 0 aliphatic rings. The van der Waals surface area contributed by atoms with Crippen molar-refractivity contribution in [2.45, 2.75) is 13.0 Å². The number of benzene rings is 1. The fraction of sp³-hybridized carbons (Fsp3) is 0.136. The summed E-state index contributed by atoms with van der Waals surface area (Å²) in [5.41, 5.74) is 4.83. The van der Waals surface area contributed by atoms with Crippen molar-refractivity contribution >= 4 is 21.9 Å². The third-order valence-electron chi connectivity index (χ3n) is 5.20. The molecule has 0 aliphatic carbocycles. The van der Waals surface area contributed by atoms with Crippen molar-refractivity contribution in [2.75, 3.05) is 0 Å². The lowest BCUT2D eigenvalue weighted by molar-refractivity contribution is 0.421. The fourth-order valence-corrected chi connectivity index (χ4v) is 3.75. The molecular formula is C22H19N5O. The zero-order valence-corrected chi connectivity index (χ0v) is 15.4. The summed E-state index contributed by atoms with van der Waals surface area (Å²) < 4.78 is 3.96. The summed E-state index contributed by atoms with van der Waals surface area (Å²) in [6.45, 7) is 0.620. The molecule has 0 spiro atoms. The minimum Gasteiger partial charge on any atom is -0.494 e. The van der Waals surface area contributed by atoms with Crippen LogP contribution in [0.3, 0.4) is 0 Å². The number of aromatic hydroxyl groups is 1. The van der Waals surface area contributed by atoms with Gasteiger partial charge in [-0.05, 0) is 41.5 Å². The van der Waals surface area contributed by atoms with E-state index in [0.717, 1.165) is 38.9 Å². The smallest absolute Gasteiger partial charge is 0.201 e. The third kappa shape index (κ3) is 2.62. The van der Waals surface area contributed by atoms with E-state index in [0.29, 0.717) is 13.0 Å². The molecule has 5 rings (SSSR count). The van der Waals surface area contributed by atoms with Gasteiger partial charge in [-0.25, -0.2) is 4.98 Å². The summed E-state index contributed by atoms with van der Waals surface area (Å²) in [7, 11) is 2.03. The quantitative estimate of drug-likeness (QED) is 0.521. The molecule has 0 atom stereocenters. The summed E-state index contributed by atoms with van der Waals surface area (Å²) in [4.78, 5) is 13.2. The van der Waals surface area contributed by atoms with Crippen LogP contribution in [0.4, 0.5) is 0 Å². The molecule has 0 saturated heterocycles. The number of aryl methyl sites for hydroxylation is 3. The molecule has 5 aromatic rings. The Balaban J connectivity index is 1.51. The van der Waals surface area contributed by atoms with Gasteiger partial charge in [0, 0.05) is 44.8 Å². The number of imidazole rings is 1. The van der Waals surface area contributed by atoms with Crippen LogP contribution >= 0.6 is 0 Å². The molecule has 0 saturated carbocycles. The van der Waals surface area contributed by atoms with Crippen LogP contribution in [0, 0.1) is 0 Å². The van der Waals surface area contributed by atoms with Crippen LogP contribution in [0.1, 0.15) is 5.82 Å². The van der Waals surface area contributed by atoms with Crippen LogP contribution in [-0.2, 0) is 20.0 Å². The normalized spacial score (nSPS) is 11.5. The molecule has 6 heteroatoms. The third-order valence-corrected chi connectivity index (χ3v) is 5.20. The Morgan fingerprint density at radius 1 is 0.964 bits per heavy atom. The van der Waals surface area contributed by atoms with E-state index in [2.05, 4.69) is 20.6 Å².